The Morgan fingerprint density at radius 2 is 0.293 bits per heavy atom. The van der Waals surface area contributed by atoms with Crippen molar-refractivity contribution in [2.45, 2.75) is 0 Å². The third-order valence-corrected chi connectivity index (χ3v) is 27.2. The first-order valence-electron chi connectivity index (χ1n) is 49.5. The van der Waals surface area contributed by atoms with Crippen molar-refractivity contribution in [3.05, 3.63) is 552 Å². The van der Waals surface area contributed by atoms with Crippen LogP contribution in [-0.2, 0) is 0 Å². The summed E-state index contributed by atoms with van der Waals surface area (Å²) in [5.41, 5.74) is 36.3. The summed E-state index contributed by atoms with van der Waals surface area (Å²) in [6.45, 7) is 0. The number of benzene rings is 20. The van der Waals surface area contributed by atoms with Crippen LogP contribution < -0.4 is 0 Å². The predicted octanol–water partition coefficient (Wildman–Crippen LogP) is 34.5. The van der Waals surface area contributed by atoms with Gasteiger partial charge in [0, 0.05) is 116 Å². The van der Waals surface area contributed by atoms with Gasteiger partial charge in [0.15, 0.2) is 23.3 Å². The summed E-state index contributed by atoms with van der Waals surface area (Å²) in [4.78, 5) is 40.8. The second-order valence-electron chi connectivity index (χ2n) is 36.5. The van der Waals surface area contributed by atoms with Crippen LogP contribution in [0.3, 0.4) is 0 Å². The Bertz CT molecular complexity index is 8960. The SMILES string of the molecule is c1ccc(-c2cc(-c3cc(-c4ccc(-n5c6ccccc6c6ccccc65)cc4)cc(-c4cc(-c5ccccc5)nc(-c5ccccc5)n4)c3)nc(-c3ccccc3)n2)cc1.c1ccc(-c2cc(-c3cccc(-c4cccc(-n5c6ccccc6c6ccccc65)c4)c3)nc(-c3ccccc3)n2)cc1.c1ccc(-c2cc(-c3ccccc3)nc(-c3cccc(-c4ccc(-n5c6ccccc6c6ccccc65)cc4)c3)n2)cc1. The highest BCUT2D eigenvalue weighted by Crippen LogP contribution is 2.43. The minimum atomic E-state index is 0.666. The summed E-state index contributed by atoms with van der Waals surface area (Å²) in [6.07, 6.45) is 0. The Morgan fingerprint density at radius 1 is 0.102 bits per heavy atom. The Kier molecular flexibility index (Phi) is 23.9. The molecule has 7 aromatic heterocycles. The van der Waals surface area contributed by atoms with Gasteiger partial charge in [0.25, 0.3) is 0 Å². The van der Waals surface area contributed by atoms with Crippen molar-refractivity contribution in [2.75, 3.05) is 0 Å². The van der Waals surface area contributed by atoms with Gasteiger partial charge in [0.05, 0.1) is 78.7 Å². The molecule has 0 aliphatic carbocycles. The molecular formula is C136H91N11. The smallest absolute Gasteiger partial charge is 0.160 e. The largest absolute Gasteiger partial charge is 0.309 e. The van der Waals surface area contributed by atoms with Crippen LogP contribution in [0.1, 0.15) is 0 Å². The quantitative estimate of drug-likeness (QED) is 0.0834. The molecule has 11 heteroatoms. The monoisotopic (exact) mass is 1880 g/mol. The maximum Gasteiger partial charge on any atom is 0.160 e. The van der Waals surface area contributed by atoms with Crippen molar-refractivity contribution in [1.29, 1.82) is 0 Å². The van der Waals surface area contributed by atoms with E-state index in [1.807, 2.05) is 146 Å². The van der Waals surface area contributed by atoms with Gasteiger partial charge >= 0.3 is 0 Å². The lowest BCUT2D eigenvalue weighted by Gasteiger charge is -2.15. The first-order chi connectivity index (χ1) is 72.8. The Morgan fingerprint density at radius 3 is 0.599 bits per heavy atom. The second kappa shape index (κ2) is 39.7. The van der Waals surface area contributed by atoms with Gasteiger partial charge in [-0.3, -0.25) is 0 Å². The molecule has 0 amide bonds. The number of rotatable bonds is 18. The molecule has 0 spiro atoms. The third kappa shape index (κ3) is 18.0. The highest BCUT2D eigenvalue weighted by molar-refractivity contribution is 6.12. The highest BCUT2D eigenvalue weighted by atomic mass is 15.0. The van der Waals surface area contributed by atoms with Crippen molar-refractivity contribution in [3.8, 4) is 186 Å². The molecule has 27 rings (SSSR count). The van der Waals surface area contributed by atoms with Crippen molar-refractivity contribution >= 4 is 65.4 Å². The average molecular weight is 1880 g/mol. The first-order valence-corrected chi connectivity index (χ1v) is 49.5. The molecule has 27 aromatic rings. The maximum atomic E-state index is 5.26. The topological polar surface area (TPSA) is 118 Å². The van der Waals surface area contributed by atoms with Gasteiger partial charge in [-0.1, -0.05) is 425 Å². The molecule has 20 aromatic carbocycles. The number of aromatic nitrogens is 11. The van der Waals surface area contributed by atoms with E-state index in [0.29, 0.717) is 17.5 Å². The lowest BCUT2D eigenvalue weighted by atomic mass is 9.95. The van der Waals surface area contributed by atoms with Crippen LogP contribution in [0, 0.1) is 0 Å². The fraction of sp³-hybridized carbons (Fsp3) is 0. The van der Waals surface area contributed by atoms with Crippen LogP contribution in [0.4, 0.5) is 0 Å². The second-order valence-corrected chi connectivity index (χ2v) is 36.5. The van der Waals surface area contributed by atoms with E-state index in [0.717, 1.165) is 169 Å². The van der Waals surface area contributed by atoms with E-state index in [2.05, 4.69) is 420 Å². The van der Waals surface area contributed by atoms with Crippen LogP contribution >= 0.6 is 0 Å². The van der Waals surface area contributed by atoms with E-state index in [4.69, 9.17) is 39.9 Å². The zero-order valence-corrected chi connectivity index (χ0v) is 80.0. The molecule has 0 aliphatic heterocycles. The highest BCUT2D eigenvalue weighted by Gasteiger charge is 2.23. The van der Waals surface area contributed by atoms with Gasteiger partial charge in [-0.25, -0.2) is 39.9 Å². The van der Waals surface area contributed by atoms with E-state index < -0.39 is 0 Å². The molecule has 147 heavy (non-hydrogen) atoms. The minimum Gasteiger partial charge on any atom is -0.309 e. The molecule has 690 valence electrons. The molecule has 0 saturated heterocycles. The van der Waals surface area contributed by atoms with Crippen LogP contribution in [0.25, 0.3) is 251 Å². The first kappa shape index (κ1) is 88.5. The molecule has 0 bridgehead atoms. The maximum absolute atomic E-state index is 5.26. The fourth-order valence-electron chi connectivity index (χ4n) is 20.1. The van der Waals surface area contributed by atoms with Gasteiger partial charge in [0.2, 0.25) is 0 Å². The van der Waals surface area contributed by atoms with Crippen LogP contribution in [0.5, 0.6) is 0 Å². The lowest BCUT2D eigenvalue weighted by molar-refractivity contribution is 1.18. The van der Waals surface area contributed by atoms with Crippen molar-refractivity contribution in [1.82, 2.24) is 53.6 Å². The number of para-hydroxylation sites is 6. The Hall–Kier alpha value is -19.9. The van der Waals surface area contributed by atoms with Crippen molar-refractivity contribution in [2.24, 2.45) is 0 Å². The van der Waals surface area contributed by atoms with Crippen molar-refractivity contribution in [3.63, 3.8) is 0 Å². The normalized spacial score (nSPS) is 11.3. The summed E-state index contributed by atoms with van der Waals surface area (Å²) in [5.74, 6) is 2.76. The summed E-state index contributed by atoms with van der Waals surface area (Å²) in [7, 11) is 0. The van der Waals surface area contributed by atoms with Gasteiger partial charge in [0.1, 0.15) is 0 Å². The Labute approximate surface area is 851 Å². The molecule has 0 aliphatic rings. The fourth-order valence-corrected chi connectivity index (χ4v) is 20.1. The number of nitrogens with zero attached hydrogens (tertiary/aromatic N) is 11. The van der Waals surface area contributed by atoms with Gasteiger partial charge in [-0.2, -0.15) is 0 Å². The van der Waals surface area contributed by atoms with E-state index in [1.54, 1.807) is 0 Å². The summed E-state index contributed by atoms with van der Waals surface area (Å²) in [5, 5.41) is 7.53. The van der Waals surface area contributed by atoms with Gasteiger partial charge < -0.3 is 13.7 Å². The number of fused-ring (bicyclic) bond motifs is 9. The molecule has 0 fully saturated rings. The molecule has 0 unspecified atom stereocenters. The lowest BCUT2D eigenvalue weighted by Crippen LogP contribution is -1.98. The standard InChI is InChI=1S/C56H37N5.2C40H27N3/c1-5-17-39(18-6-1)49-36-51(59-55(57-49)41-21-9-3-10-22-41)44-33-43(38-29-31-46(32-30-38)61-53-27-15-13-25-47(53)48-26-14-16-28-54(48)61)34-45(35-44)52-37-50(40-19-7-2-8-20-40)58-56(60-52)42-23-11-4-12-24-42;1-3-13-28(14-4-1)36-27-37(42-40(41-36)29-15-5-2-6-16-29)32-19-11-17-30(25-32)31-18-12-20-33(26-31)43-38-23-9-7-21-34(38)35-22-8-10-24-39(35)43;1-3-12-29(13-4-1)36-27-37(30-14-5-2-6-15-30)42-40(41-36)32-17-11-16-31(26-32)28-22-24-33(25-23-28)43-38-20-9-7-18-34(38)35-19-8-10-21-39(35)43/h1-37H;2*1-27H. The number of hydrogen-bond acceptors (Lipinski definition) is 8. The third-order valence-electron chi connectivity index (χ3n) is 27.2. The van der Waals surface area contributed by atoms with Gasteiger partial charge in [-0.15, -0.1) is 0 Å². The molecular weight excluding hydrogens is 1790 g/mol. The molecule has 0 N–H and O–H groups in total. The molecule has 0 atom stereocenters. The van der Waals surface area contributed by atoms with Crippen LogP contribution in [-0.4, -0.2) is 53.6 Å². The van der Waals surface area contributed by atoms with Gasteiger partial charge in [-0.05, 0) is 161 Å². The summed E-state index contributed by atoms with van der Waals surface area (Å²) >= 11 is 0. The van der Waals surface area contributed by atoms with E-state index in [9.17, 15) is 0 Å². The molecule has 7 heterocycles. The van der Waals surface area contributed by atoms with Crippen molar-refractivity contribution < 1.29 is 0 Å². The zero-order chi connectivity index (χ0) is 97.7. The van der Waals surface area contributed by atoms with Crippen LogP contribution in [0.2, 0.25) is 0 Å². The van der Waals surface area contributed by atoms with Crippen LogP contribution in [0.15, 0.2) is 552 Å². The van der Waals surface area contributed by atoms with E-state index in [-0.39, 0.29) is 0 Å². The summed E-state index contributed by atoms with van der Waals surface area (Å²) < 4.78 is 7.06. The predicted molar refractivity (Wildman–Crippen MR) is 606 cm³/mol. The molecule has 0 saturated carbocycles. The molecule has 11 nitrogen and oxygen atoms in total. The minimum absolute atomic E-state index is 0.666. The number of hydrogen-bond donors (Lipinski definition) is 0. The van der Waals surface area contributed by atoms with E-state index in [1.165, 1.54) is 65.4 Å². The summed E-state index contributed by atoms with van der Waals surface area (Å²) in [6, 6.07) is 193. The molecule has 0 radical (unpaired) electrons. The zero-order valence-electron chi connectivity index (χ0n) is 80.0. The Balaban J connectivity index is 0.000000118. The van der Waals surface area contributed by atoms with E-state index >= 15 is 0 Å². The average Bonchev–Trinajstić information content (AvgIpc) is 1.61.